The summed E-state index contributed by atoms with van der Waals surface area (Å²) in [4.78, 5) is 16.8. The van der Waals surface area contributed by atoms with Crippen LogP contribution in [0.4, 0.5) is 0 Å². The molecule has 186 valence electrons. The third-order valence-electron chi connectivity index (χ3n) is 5.43. The quantitative estimate of drug-likeness (QED) is 0.305. The van der Waals surface area contributed by atoms with E-state index in [1.807, 2.05) is 42.5 Å². The smallest absolute Gasteiger partial charge is 0.283 e. The molecule has 2 aliphatic heterocycles. The van der Waals surface area contributed by atoms with E-state index in [-0.39, 0.29) is 11.4 Å². The summed E-state index contributed by atoms with van der Waals surface area (Å²) in [7, 11) is 1.60. The number of rotatable bonds is 8. The molecule has 0 atom stereocenters. The molecule has 2 heterocycles. The highest BCUT2D eigenvalue weighted by atomic mass is 35.5. The van der Waals surface area contributed by atoms with Gasteiger partial charge in [0.2, 0.25) is 5.17 Å². The first kappa shape index (κ1) is 24.6. The van der Waals surface area contributed by atoms with E-state index in [0.29, 0.717) is 45.7 Å². The van der Waals surface area contributed by atoms with Gasteiger partial charge in [-0.05, 0) is 53.7 Å². The Bertz CT molecular complexity index is 1450. The van der Waals surface area contributed by atoms with Gasteiger partial charge < -0.3 is 14.2 Å². The van der Waals surface area contributed by atoms with Crippen LogP contribution in [0.25, 0.3) is 6.08 Å². The van der Waals surface area contributed by atoms with Crippen molar-refractivity contribution >= 4 is 51.4 Å². The molecular formula is C27H21ClN4O4S. The summed E-state index contributed by atoms with van der Waals surface area (Å²) < 4.78 is 16.7. The lowest BCUT2D eigenvalue weighted by Crippen LogP contribution is -2.35. The number of amides is 1. The van der Waals surface area contributed by atoms with E-state index in [0.717, 1.165) is 11.1 Å². The highest BCUT2D eigenvalue weighted by molar-refractivity contribution is 8.27. The summed E-state index contributed by atoms with van der Waals surface area (Å²) in [6.07, 6.45) is 1.62. The molecule has 2 aliphatic rings. The third-order valence-corrected chi connectivity index (χ3v) is 6.70. The summed E-state index contributed by atoms with van der Waals surface area (Å²) in [5.74, 6) is 1.44. The van der Waals surface area contributed by atoms with Crippen LogP contribution >= 0.6 is 23.4 Å². The number of halogens is 1. The molecule has 3 aromatic carbocycles. The van der Waals surface area contributed by atoms with Crippen LogP contribution in [0, 0.1) is 5.41 Å². The number of carbonyl (C=O) groups excluding carboxylic acids is 1. The third kappa shape index (κ3) is 5.37. The summed E-state index contributed by atoms with van der Waals surface area (Å²) >= 11 is 7.50. The first-order valence-electron chi connectivity index (χ1n) is 11.3. The molecule has 0 saturated carbocycles. The molecule has 0 spiro atoms. The summed E-state index contributed by atoms with van der Waals surface area (Å²) in [6, 6.07) is 21.9. The first-order chi connectivity index (χ1) is 18.0. The Morgan fingerprint density at radius 2 is 1.68 bits per heavy atom. The van der Waals surface area contributed by atoms with Crippen molar-refractivity contribution in [3.05, 3.63) is 94.5 Å². The van der Waals surface area contributed by atoms with Crippen LogP contribution in [-0.2, 0) is 4.79 Å². The Hall–Kier alpha value is -4.08. The second kappa shape index (κ2) is 10.9. The lowest BCUT2D eigenvalue weighted by Gasteiger charge is -2.20. The van der Waals surface area contributed by atoms with Gasteiger partial charge in [0.1, 0.15) is 24.0 Å². The Balaban J connectivity index is 1.23. The number of para-hydroxylation sites is 2. The highest BCUT2D eigenvalue weighted by Crippen LogP contribution is 2.33. The van der Waals surface area contributed by atoms with Crippen molar-refractivity contribution in [3.63, 3.8) is 0 Å². The number of methoxy groups -OCH3 is 1. The van der Waals surface area contributed by atoms with Crippen LogP contribution in [0.2, 0.25) is 5.02 Å². The van der Waals surface area contributed by atoms with Gasteiger partial charge >= 0.3 is 0 Å². The van der Waals surface area contributed by atoms with Crippen LogP contribution in [0.15, 0.2) is 88.5 Å². The Kier molecular flexibility index (Phi) is 7.25. The molecule has 10 heteroatoms. The van der Waals surface area contributed by atoms with Crippen molar-refractivity contribution in [2.75, 3.05) is 20.3 Å². The first-order valence-corrected chi connectivity index (χ1v) is 12.5. The topological polar surface area (TPSA) is 96.6 Å². The normalized spacial score (nSPS) is 15.8. The number of aliphatic imine (C=N–C) groups is 1. The van der Waals surface area contributed by atoms with Crippen LogP contribution in [0.1, 0.15) is 11.1 Å². The van der Waals surface area contributed by atoms with Gasteiger partial charge in [-0.25, -0.2) is 0 Å². The van der Waals surface area contributed by atoms with E-state index in [2.05, 4.69) is 10.1 Å². The van der Waals surface area contributed by atoms with Crippen LogP contribution in [0.5, 0.6) is 17.2 Å². The maximum atomic E-state index is 12.7. The minimum Gasteiger partial charge on any atom is -0.493 e. The highest BCUT2D eigenvalue weighted by Gasteiger charge is 2.36. The van der Waals surface area contributed by atoms with Gasteiger partial charge in [0.05, 0.1) is 17.7 Å². The maximum absolute atomic E-state index is 12.7. The molecular weight excluding hydrogens is 512 g/mol. The summed E-state index contributed by atoms with van der Waals surface area (Å²) in [5, 5.41) is 15.9. The lowest BCUT2D eigenvalue weighted by molar-refractivity contribution is -0.114. The zero-order valence-corrected chi connectivity index (χ0v) is 21.3. The molecule has 1 amide bonds. The number of amidine groups is 2. The number of benzene rings is 3. The number of ether oxygens (including phenoxy) is 3. The fourth-order valence-corrected chi connectivity index (χ4v) is 4.82. The number of nitrogens with one attached hydrogen (secondary N) is 1. The van der Waals surface area contributed by atoms with E-state index < -0.39 is 5.91 Å². The van der Waals surface area contributed by atoms with Crippen molar-refractivity contribution in [2.24, 2.45) is 10.1 Å². The largest absolute Gasteiger partial charge is 0.493 e. The molecule has 0 unspecified atom stereocenters. The maximum Gasteiger partial charge on any atom is 0.283 e. The average Bonchev–Trinajstić information content (AvgIpc) is 3.34. The van der Waals surface area contributed by atoms with Gasteiger partial charge in [0.15, 0.2) is 17.3 Å². The molecule has 0 bridgehead atoms. The minimum atomic E-state index is -0.492. The Morgan fingerprint density at radius 1 is 0.973 bits per heavy atom. The number of carbonyl (C=O) groups is 1. The number of hydrogen-bond acceptors (Lipinski definition) is 7. The fourth-order valence-electron chi connectivity index (χ4n) is 3.61. The number of hydrogen-bond donors (Lipinski definition) is 1. The van der Waals surface area contributed by atoms with Gasteiger partial charge in [-0.2, -0.15) is 15.1 Å². The second-order valence-corrected chi connectivity index (χ2v) is 9.19. The van der Waals surface area contributed by atoms with Gasteiger partial charge in [-0.3, -0.25) is 10.2 Å². The van der Waals surface area contributed by atoms with Crippen molar-refractivity contribution in [3.8, 4) is 17.2 Å². The van der Waals surface area contributed by atoms with Gasteiger partial charge in [0.25, 0.3) is 5.91 Å². The van der Waals surface area contributed by atoms with Crippen LogP contribution in [0.3, 0.4) is 0 Å². The Morgan fingerprint density at radius 3 is 2.43 bits per heavy atom. The number of thioether (sulfide) groups is 1. The summed E-state index contributed by atoms with van der Waals surface area (Å²) in [6.45, 7) is 0.695. The molecule has 0 radical (unpaired) electrons. The summed E-state index contributed by atoms with van der Waals surface area (Å²) in [5.41, 5.74) is 1.60. The van der Waals surface area contributed by atoms with Crippen molar-refractivity contribution in [1.29, 1.82) is 5.41 Å². The molecule has 1 N–H and O–H groups in total. The predicted octanol–water partition coefficient (Wildman–Crippen LogP) is 5.47. The monoisotopic (exact) mass is 532 g/mol. The molecule has 0 aliphatic carbocycles. The average molecular weight is 533 g/mol. The SMILES string of the molecule is COc1ccccc1OCCOc1ccc(C=C2C(=N)N3N=C(c4ccccc4Cl)SC3=NC2=O)cc1. The van der Waals surface area contributed by atoms with Crippen molar-refractivity contribution in [1.82, 2.24) is 5.01 Å². The van der Waals surface area contributed by atoms with Crippen LogP contribution < -0.4 is 14.2 Å². The molecule has 37 heavy (non-hydrogen) atoms. The van der Waals surface area contributed by atoms with E-state index in [1.54, 1.807) is 43.5 Å². The predicted molar refractivity (Wildman–Crippen MR) is 146 cm³/mol. The number of hydrazone groups is 1. The zero-order chi connectivity index (χ0) is 25.8. The van der Waals surface area contributed by atoms with E-state index in [9.17, 15) is 4.79 Å². The molecule has 0 fully saturated rings. The zero-order valence-electron chi connectivity index (χ0n) is 19.7. The van der Waals surface area contributed by atoms with Gasteiger partial charge in [0, 0.05) is 5.56 Å². The van der Waals surface area contributed by atoms with Gasteiger partial charge in [-0.15, -0.1) is 0 Å². The molecule has 3 aromatic rings. The lowest BCUT2D eigenvalue weighted by atomic mass is 10.1. The van der Waals surface area contributed by atoms with Crippen LogP contribution in [-0.4, -0.2) is 47.3 Å². The molecule has 8 nitrogen and oxygen atoms in total. The minimum absolute atomic E-state index is 0.0432. The second-order valence-electron chi connectivity index (χ2n) is 7.82. The molecule has 0 saturated heterocycles. The van der Waals surface area contributed by atoms with Crippen molar-refractivity contribution in [2.45, 2.75) is 0 Å². The molecule has 0 aromatic heterocycles. The molecule has 5 rings (SSSR count). The number of nitrogens with zero attached hydrogens (tertiary/aromatic N) is 3. The van der Waals surface area contributed by atoms with Gasteiger partial charge in [-0.1, -0.05) is 54.1 Å². The standard InChI is InChI=1S/C27H21ClN4O4S/c1-34-22-8-4-5-9-23(22)36-15-14-35-18-12-10-17(11-13-18)16-20-24(29)32-27(30-25(20)33)37-26(31-32)19-6-2-3-7-21(19)28/h2-13,16,29H,14-15H2,1H3. The van der Waals surface area contributed by atoms with Crippen molar-refractivity contribution < 1.29 is 19.0 Å². The number of fused-ring (bicyclic) bond motifs is 1. The van der Waals surface area contributed by atoms with E-state index >= 15 is 0 Å². The van der Waals surface area contributed by atoms with E-state index in [4.69, 9.17) is 31.2 Å². The fraction of sp³-hybridized carbons (Fsp3) is 0.111. The van der Waals surface area contributed by atoms with E-state index in [1.165, 1.54) is 16.8 Å². The Labute approximate surface area is 222 Å².